The maximum atomic E-state index is 12.6. The van der Waals surface area contributed by atoms with Crippen LogP contribution in [0.15, 0.2) is 29.2 Å². The summed E-state index contributed by atoms with van der Waals surface area (Å²) in [6.45, 7) is 1.85. The monoisotopic (exact) mass is 379 g/mol. The van der Waals surface area contributed by atoms with Gasteiger partial charge in [0.2, 0.25) is 0 Å². The first-order valence-corrected chi connectivity index (χ1v) is 8.79. The molecule has 1 aliphatic rings. The van der Waals surface area contributed by atoms with Gasteiger partial charge in [0, 0.05) is 0 Å². The maximum absolute atomic E-state index is 12.6. The third-order valence-corrected chi connectivity index (χ3v) is 4.94. The molecule has 25 heavy (non-hydrogen) atoms. The van der Waals surface area contributed by atoms with Gasteiger partial charge in [0.1, 0.15) is 10.4 Å². The summed E-state index contributed by atoms with van der Waals surface area (Å²) in [5, 5.41) is 9.36. The topological polar surface area (TPSA) is 83.9 Å². The van der Waals surface area contributed by atoms with Gasteiger partial charge >= 0.3 is 11.9 Å². The Balaban J connectivity index is 2.24. The number of carboxylic acids is 1. The SMILES string of the molecule is CCC[C@@H](C(=O)O)N1C(=O)/C(=C/c2ccc(C(=O)OC)cc2)SC1=S. The van der Waals surface area contributed by atoms with E-state index in [1.165, 1.54) is 12.0 Å². The number of thioether (sulfide) groups is 1. The summed E-state index contributed by atoms with van der Waals surface area (Å²) >= 11 is 6.27. The molecule has 1 fully saturated rings. The maximum Gasteiger partial charge on any atom is 0.337 e. The first-order chi connectivity index (χ1) is 11.9. The highest BCUT2D eigenvalue weighted by Crippen LogP contribution is 2.34. The molecule has 0 saturated carbocycles. The van der Waals surface area contributed by atoms with Crippen molar-refractivity contribution in [3.8, 4) is 0 Å². The summed E-state index contributed by atoms with van der Waals surface area (Å²) in [6, 6.07) is 5.59. The fourth-order valence-corrected chi connectivity index (χ4v) is 3.73. The number of carbonyl (C=O) groups is 3. The van der Waals surface area contributed by atoms with E-state index in [1.54, 1.807) is 30.3 Å². The van der Waals surface area contributed by atoms with E-state index in [2.05, 4.69) is 4.74 Å². The zero-order valence-corrected chi connectivity index (χ0v) is 15.4. The minimum atomic E-state index is -1.07. The van der Waals surface area contributed by atoms with E-state index in [0.717, 1.165) is 11.8 Å². The first-order valence-electron chi connectivity index (χ1n) is 7.57. The first kappa shape index (κ1) is 19.1. The second kappa shape index (κ2) is 8.26. The number of hydrogen-bond donors (Lipinski definition) is 1. The van der Waals surface area contributed by atoms with Crippen LogP contribution in [0.2, 0.25) is 0 Å². The predicted molar refractivity (Wildman–Crippen MR) is 99.1 cm³/mol. The second-order valence-electron chi connectivity index (χ2n) is 5.31. The number of carboxylic acid groups (broad SMARTS) is 1. The quantitative estimate of drug-likeness (QED) is 0.462. The van der Waals surface area contributed by atoms with Gasteiger partial charge in [-0.1, -0.05) is 49.5 Å². The molecule has 0 radical (unpaired) electrons. The molecule has 0 unspecified atom stereocenters. The van der Waals surface area contributed by atoms with Crippen molar-refractivity contribution in [3.63, 3.8) is 0 Å². The predicted octanol–water partition coefficient (Wildman–Crippen LogP) is 2.93. The molecule has 2 rings (SSSR count). The van der Waals surface area contributed by atoms with Gasteiger partial charge in [0.15, 0.2) is 0 Å². The fraction of sp³-hybridized carbons (Fsp3) is 0.294. The molecule has 1 aromatic carbocycles. The highest BCUT2D eigenvalue weighted by molar-refractivity contribution is 8.26. The molecule has 1 amide bonds. The Bertz CT molecular complexity index is 742. The third kappa shape index (κ3) is 4.26. The smallest absolute Gasteiger partial charge is 0.337 e. The molecule has 8 heteroatoms. The van der Waals surface area contributed by atoms with Crippen LogP contribution in [0.4, 0.5) is 0 Å². The lowest BCUT2D eigenvalue weighted by molar-refractivity contribution is -0.145. The van der Waals surface area contributed by atoms with Gasteiger partial charge < -0.3 is 9.84 Å². The number of hydrogen-bond acceptors (Lipinski definition) is 6. The van der Waals surface area contributed by atoms with Crippen LogP contribution in [0.25, 0.3) is 6.08 Å². The lowest BCUT2D eigenvalue weighted by Gasteiger charge is -2.22. The van der Waals surface area contributed by atoms with Gasteiger partial charge in [0.25, 0.3) is 5.91 Å². The van der Waals surface area contributed by atoms with E-state index in [0.29, 0.717) is 28.9 Å². The van der Waals surface area contributed by atoms with Crippen LogP contribution in [0.5, 0.6) is 0 Å². The van der Waals surface area contributed by atoms with Crippen LogP contribution in [-0.4, -0.2) is 45.3 Å². The number of aliphatic carboxylic acids is 1. The number of thiocarbonyl (C=S) groups is 1. The summed E-state index contributed by atoms with van der Waals surface area (Å²) < 4.78 is 4.87. The number of ether oxygens (including phenoxy) is 1. The molecule has 1 heterocycles. The number of carbonyl (C=O) groups excluding carboxylic acids is 2. The average molecular weight is 379 g/mol. The molecule has 1 aliphatic heterocycles. The molecule has 0 aliphatic carbocycles. The van der Waals surface area contributed by atoms with E-state index in [9.17, 15) is 19.5 Å². The highest BCUT2D eigenvalue weighted by Gasteiger charge is 2.39. The third-order valence-electron chi connectivity index (χ3n) is 3.61. The van der Waals surface area contributed by atoms with Gasteiger partial charge in [-0.2, -0.15) is 0 Å². The van der Waals surface area contributed by atoms with Crippen LogP contribution >= 0.6 is 24.0 Å². The average Bonchev–Trinajstić information content (AvgIpc) is 2.86. The van der Waals surface area contributed by atoms with Crippen LogP contribution in [0, 0.1) is 0 Å². The Morgan fingerprint density at radius 2 is 2.00 bits per heavy atom. The van der Waals surface area contributed by atoms with Crippen molar-refractivity contribution >= 4 is 52.2 Å². The minimum Gasteiger partial charge on any atom is -0.480 e. The molecule has 1 saturated heterocycles. The van der Waals surface area contributed by atoms with Crippen molar-refractivity contribution in [2.75, 3.05) is 7.11 Å². The van der Waals surface area contributed by atoms with Crippen molar-refractivity contribution in [3.05, 3.63) is 40.3 Å². The van der Waals surface area contributed by atoms with Gasteiger partial charge in [-0.25, -0.2) is 9.59 Å². The Kier molecular flexibility index (Phi) is 6.33. The van der Waals surface area contributed by atoms with Gasteiger partial charge in [-0.05, 0) is 30.2 Å². The number of esters is 1. The molecule has 0 bridgehead atoms. The van der Waals surface area contributed by atoms with E-state index >= 15 is 0 Å². The number of benzene rings is 1. The second-order valence-corrected chi connectivity index (χ2v) is 6.98. The number of nitrogens with zero attached hydrogens (tertiary/aromatic N) is 1. The highest BCUT2D eigenvalue weighted by atomic mass is 32.2. The Labute approximate surface area is 154 Å². The van der Waals surface area contributed by atoms with Crippen molar-refractivity contribution in [1.82, 2.24) is 4.90 Å². The molecule has 6 nitrogen and oxygen atoms in total. The summed E-state index contributed by atoms with van der Waals surface area (Å²) in [4.78, 5) is 37.0. The van der Waals surface area contributed by atoms with Gasteiger partial charge in [-0.3, -0.25) is 9.69 Å². The molecular formula is C17H17NO5S2. The Hall–Kier alpha value is -2.19. The molecule has 1 atom stereocenters. The molecule has 1 aromatic rings. The minimum absolute atomic E-state index is 0.239. The number of amides is 1. The van der Waals surface area contributed by atoms with E-state index in [4.69, 9.17) is 12.2 Å². The van der Waals surface area contributed by atoms with Crippen LogP contribution in [0.1, 0.15) is 35.7 Å². The van der Waals surface area contributed by atoms with E-state index < -0.39 is 23.9 Å². The lowest BCUT2D eigenvalue weighted by Crippen LogP contribution is -2.43. The molecule has 0 aromatic heterocycles. The van der Waals surface area contributed by atoms with Crippen molar-refractivity contribution in [2.45, 2.75) is 25.8 Å². The normalized spacial score (nSPS) is 17.0. The summed E-state index contributed by atoms with van der Waals surface area (Å²) in [6.07, 6.45) is 2.59. The lowest BCUT2D eigenvalue weighted by atomic mass is 10.1. The van der Waals surface area contributed by atoms with E-state index in [1.807, 2.05) is 6.92 Å². The molecule has 0 spiro atoms. The molecular weight excluding hydrogens is 362 g/mol. The number of rotatable bonds is 6. The van der Waals surface area contributed by atoms with Crippen LogP contribution < -0.4 is 0 Å². The Morgan fingerprint density at radius 3 is 2.52 bits per heavy atom. The fourth-order valence-electron chi connectivity index (χ4n) is 2.37. The largest absolute Gasteiger partial charge is 0.480 e. The molecule has 1 N–H and O–H groups in total. The van der Waals surface area contributed by atoms with Crippen molar-refractivity contribution in [2.24, 2.45) is 0 Å². The van der Waals surface area contributed by atoms with Crippen LogP contribution in [0.3, 0.4) is 0 Å². The summed E-state index contributed by atoms with van der Waals surface area (Å²) in [5.74, 6) is -1.92. The number of methoxy groups -OCH3 is 1. The van der Waals surface area contributed by atoms with Crippen molar-refractivity contribution < 1.29 is 24.2 Å². The zero-order chi connectivity index (χ0) is 18.6. The molecule has 132 valence electrons. The van der Waals surface area contributed by atoms with E-state index in [-0.39, 0.29) is 4.32 Å². The Morgan fingerprint density at radius 1 is 1.36 bits per heavy atom. The van der Waals surface area contributed by atoms with Crippen LogP contribution in [-0.2, 0) is 14.3 Å². The van der Waals surface area contributed by atoms with Crippen molar-refractivity contribution in [1.29, 1.82) is 0 Å². The zero-order valence-electron chi connectivity index (χ0n) is 13.7. The van der Waals surface area contributed by atoms with Gasteiger partial charge in [-0.15, -0.1) is 0 Å². The summed E-state index contributed by atoms with van der Waals surface area (Å²) in [5.41, 5.74) is 1.11. The summed E-state index contributed by atoms with van der Waals surface area (Å²) in [7, 11) is 1.30. The van der Waals surface area contributed by atoms with Gasteiger partial charge in [0.05, 0.1) is 17.6 Å². The standard InChI is InChI=1S/C17H17NO5S2/c1-3-4-12(15(20)21)18-14(19)13(25-17(18)24)9-10-5-7-11(8-6-10)16(22)23-2/h5-9,12H,3-4H2,1-2H3,(H,20,21)/b13-9-/t12-/m0/s1.